The van der Waals surface area contributed by atoms with Gasteiger partial charge in [0, 0.05) is 32.1 Å². The van der Waals surface area contributed by atoms with Gasteiger partial charge in [-0.25, -0.2) is 9.97 Å². The van der Waals surface area contributed by atoms with Crippen molar-refractivity contribution >= 4 is 11.6 Å². The third-order valence-electron chi connectivity index (χ3n) is 2.23. The fraction of sp³-hybridized carbons (Fsp3) is 0.273. The molecule has 84 valence electrons. The molecule has 0 atom stereocenters. The molecule has 0 amide bonds. The molecule has 0 spiro atoms. The van der Waals surface area contributed by atoms with E-state index in [0.29, 0.717) is 17.5 Å². The summed E-state index contributed by atoms with van der Waals surface area (Å²) in [5.74, 6) is 1.60. The van der Waals surface area contributed by atoms with Crippen LogP contribution in [0.3, 0.4) is 0 Å². The van der Waals surface area contributed by atoms with Crippen LogP contribution in [0, 0.1) is 0 Å². The molecule has 16 heavy (non-hydrogen) atoms. The summed E-state index contributed by atoms with van der Waals surface area (Å²) < 4.78 is 7.48. The number of hydrogen-bond donors (Lipinski definition) is 0. The number of rotatable bonds is 4. The maximum atomic E-state index is 5.86. The van der Waals surface area contributed by atoms with E-state index in [1.807, 2.05) is 17.8 Å². The molecule has 0 aliphatic carbocycles. The van der Waals surface area contributed by atoms with Crippen LogP contribution in [-0.4, -0.2) is 21.1 Å². The van der Waals surface area contributed by atoms with Crippen LogP contribution in [0.15, 0.2) is 30.7 Å². The second-order valence-corrected chi connectivity index (χ2v) is 3.70. The number of pyridine rings is 1. The van der Waals surface area contributed by atoms with Crippen molar-refractivity contribution in [2.24, 2.45) is 7.05 Å². The SMILES string of the molecule is Cn1ccnc1CCOc1cccnc1Cl. The van der Waals surface area contributed by atoms with Gasteiger partial charge in [-0.1, -0.05) is 11.6 Å². The van der Waals surface area contributed by atoms with Gasteiger partial charge in [0.2, 0.25) is 0 Å². The number of aromatic nitrogens is 3. The molecule has 2 heterocycles. The minimum Gasteiger partial charge on any atom is -0.490 e. The maximum Gasteiger partial charge on any atom is 0.171 e. The van der Waals surface area contributed by atoms with Crippen LogP contribution in [0.2, 0.25) is 5.15 Å². The van der Waals surface area contributed by atoms with Gasteiger partial charge in [0.15, 0.2) is 10.9 Å². The zero-order valence-corrected chi connectivity index (χ0v) is 9.68. The van der Waals surface area contributed by atoms with Crippen molar-refractivity contribution in [1.82, 2.24) is 14.5 Å². The Kier molecular flexibility index (Phi) is 3.41. The molecule has 2 aromatic heterocycles. The lowest BCUT2D eigenvalue weighted by molar-refractivity contribution is 0.316. The molecule has 0 unspecified atom stereocenters. The molecule has 0 bridgehead atoms. The smallest absolute Gasteiger partial charge is 0.171 e. The van der Waals surface area contributed by atoms with Gasteiger partial charge in [0.05, 0.1) is 6.61 Å². The van der Waals surface area contributed by atoms with Crippen LogP contribution in [0.25, 0.3) is 0 Å². The van der Waals surface area contributed by atoms with E-state index in [-0.39, 0.29) is 0 Å². The summed E-state index contributed by atoms with van der Waals surface area (Å²) in [4.78, 5) is 8.14. The predicted molar refractivity (Wildman–Crippen MR) is 61.7 cm³/mol. The highest BCUT2D eigenvalue weighted by Crippen LogP contribution is 2.20. The molecule has 2 rings (SSSR count). The molecule has 0 aliphatic heterocycles. The Morgan fingerprint density at radius 3 is 2.94 bits per heavy atom. The Balaban J connectivity index is 1.89. The normalized spacial score (nSPS) is 10.4. The van der Waals surface area contributed by atoms with Crippen molar-refractivity contribution in [1.29, 1.82) is 0 Å². The molecule has 0 saturated heterocycles. The van der Waals surface area contributed by atoms with Gasteiger partial charge >= 0.3 is 0 Å². The van der Waals surface area contributed by atoms with Crippen LogP contribution in [-0.2, 0) is 13.5 Å². The number of halogens is 1. The monoisotopic (exact) mass is 237 g/mol. The summed E-state index contributed by atoms with van der Waals surface area (Å²) in [6.45, 7) is 0.538. The average Bonchev–Trinajstić information content (AvgIpc) is 2.67. The van der Waals surface area contributed by atoms with Gasteiger partial charge in [-0.05, 0) is 12.1 Å². The van der Waals surface area contributed by atoms with Crippen LogP contribution < -0.4 is 4.74 Å². The van der Waals surface area contributed by atoms with Crippen molar-refractivity contribution in [2.75, 3.05) is 6.61 Å². The highest BCUT2D eigenvalue weighted by molar-refractivity contribution is 6.30. The Hall–Kier alpha value is -1.55. The third kappa shape index (κ3) is 2.52. The molecule has 0 saturated carbocycles. The Morgan fingerprint density at radius 1 is 1.38 bits per heavy atom. The lowest BCUT2D eigenvalue weighted by Crippen LogP contribution is -2.06. The molecule has 0 aliphatic rings. The highest BCUT2D eigenvalue weighted by Gasteiger charge is 2.03. The van der Waals surface area contributed by atoms with Gasteiger partial charge in [0.1, 0.15) is 5.82 Å². The fourth-order valence-corrected chi connectivity index (χ4v) is 1.54. The van der Waals surface area contributed by atoms with Crippen molar-refractivity contribution in [3.8, 4) is 5.75 Å². The zero-order chi connectivity index (χ0) is 11.4. The van der Waals surface area contributed by atoms with Gasteiger partial charge in [0.25, 0.3) is 0 Å². The van der Waals surface area contributed by atoms with E-state index >= 15 is 0 Å². The number of aryl methyl sites for hydroxylation is 1. The van der Waals surface area contributed by atoms with E-state index in [9.17, 15) is 0 Å². The summed E-state index contributed by atoms with van der Waals surface area (Å²) >= 11 is 5.86. The van der Waals surface area contributed by atoms with E-state index in [2.05, 4.69) is 9.97 Å². The second-order valence-electron chi connectivity index (χ2n) is 3.35. The maximum absolute atomic E-state index is 5.86. The lowest BCUT2D eigenvalue weighted by atomic mass is 10.4. The molecule has 2 aromatic rings. The molecular formula is C11H12ClN3O. The van der Waals surface area contributed by atoms with Gasteiger partial charge in [-0.3, -0.25) is 0 Å². The first-order valence-electron chi connectivity index (χ1n) is 4.97. The molecule has 0 fully saturated rings. The molecule has 0 N–H and O–H groups in total. The number of imidazole rings is 1. The largest absolute Gasteiger partial charge is 0.490 e. The molecule has 0 radical (unpaired) electrons. The van der Waals surface area contributed by atoms with Crippen molar-refractivity contribution < 1.29 is 4.74 Å². The predicted octanol–water partition coefficient (Wildman–Crippen LogP) is 2.09. The van der Waals surface area contributed by atoms with Crippen LogP contribution in [0.1, 0.15) is 5.82 Å². The standard InChI is InChI=1S/C11H12ClN3O/c1-15-7-6-13-10(15)4-8-16-9-3-2-5-14-11(9)12/h2-3,5-7H,4,8H2,1H3. The number of hydrogen-bond acceptors (Lipinski definition) is 3. The minimum absolute atomic E-state index is 0.391. The first kappa shape index (κ1) is 11.0. The quantitative estimate of drug-likeness (QED) is 0.765. The van der Waals surface area contributed by atoms with Gasteiger partial charge in [-0.15, -0.1) is 0 Å². The van der Waals surface area contributed by atoms with Crippen LogP contribution in [0.5, 0.6) is 5.75 Å². The van der Waals surface area contributed by atoms with Crippen molar-refractivity contribution in [3.63, 3.8) is 0 Å². The van der Waals surface area contributed by atoms with Gasteiger partial charge < -0.3 is 9.30 Å². The van der Waals surface area contributed by atoms with E-state index in [1.54, 1.807) is 24.5 Å². The lowest BCUT2D eigenvalue weighted by Gasteiger charge is -2.06. The van der Waals surface area contributed by atoms with Crippen molar-refractivity contribution in [2.45, 2.75) is 6.42 Å². The minimum atomic E-state index is 0.391. The molecule has 4 nitrogen and oxygen atoms in total. The summed E-state index contributed by atoms with van der Waals surface area (Å²) in [6.07, 6.45) is 6.06. The highest BCUT2D eigenvalue weighted by atomic mass is 35.5. The molecule has 0 aromatic carbocycles. The summed E-state index contributed by atoms with van der Waals surface area (Å²) in [6, 6.07) is 3.59. The van der Waals surface area contributed by atoms with E-state index in [4.69, 9.17) is 16.3 Å². The number of nitrogens with zero attached hydrogens (tertiary/aromatic N) is 3. The Bertz CT molecular complexity index is 470. The Labute approximate surface area is 98.9 Å². The fourth-order valence-electron chi connectivity index (χ4n) is 1.37. The summed E-state index contributed by atoms with van der Waals surface area (Å²) in [5.41, 5.74) is 0. The molecular weight excluding hydrogens is 226 g/mol. The average molecular weight is 238 g/mol. The van der Waals surface area contributed by atoms with Gasteiger partial charge in [-0.2, -0.15) is 0 Å². The van der Waals surface area contributed by atoms with E-state index < -0.39 is 0 Å². The Morgan fingerprint density at radius 2 is 2.25 bits per heavy atom. The zero-order valence-electron chi connectivity index (χ0n) is 8.93. The van der Waals surface area contributed by atoms with E-state index in [1.165, 1.54) is 0 Å². The van der Waals surface area contributed by atoms with Crippen molar-refractivity contribution in [3.05, 3.63) is 41.7 Å². The third-order valence-corrected chi connectivity index (χ3v) is 2.51. The summed E-state index contributed by atoms with van der Waals surface area (Å²) in [5, 5.41) is 0.391. The first-order valence-corrected chi connectivity index (χ1v) is 5.34. The number of ether oxygens (including phenoxy) is 1. The van der Waals surface area contributed by atoms with Crippen LogP contribution in [0.4, 0.5) is 0 Å². The first-order chi connectivity index (χ1) is 7.77. The second kappa shape index (κ2) is 4.99. The molecule has 5 heteroatoms. The topological polar surface area (TPSA) is 39.9 Å². The summed E-state index contributed by atoms with van der Waals surface area (Å²) in [7, 11) is 1.96. The van der Waals surface area contributed by atoms with Crippen LogP contribution >= 0.6 is 11.6 Å². The van der Waals surface area contributed by atoms with E-state index in [0.717, 1.165) is 12.2 Å².